The van der Waals surface area contributed by atoms with Gasteiger partial charge in [0.05, 0.1) is 0 Å². The van der Waals surface area contributed by atoms with Gasteiger partial charge in [-0.05, 0) is 30.4 Å². The predicted molar refractivity (Wildman–Crippen MR) is 68.4 cm³/mol. The third-order valence-electron chi connectivity index (χ3n) is 2.51. The number of nitrogens with one attached hydrogen (secondary N) is 1. The molecule has 1 unspecified atom stereocenters. The average Bonchev–Trinajstić information content (AvgIpc) is 2.19. The molecule has 0 fully saturated rings. The first kappa shape index (κ1) is 12.7. The average molecular weight is 271 g/mol. The summed E-state index contributed by atoms with van der Waals surface area (Å²) >= 11 is 3.62. The fourth-order valence-electron chi connectivity index (χ4n) is 1.70. The molecule has 0 amide bonds. The molecule has 0 aliphatic rings. The van der Waals surface area contributed by atoms with Crippen molar-refractivity contribution in [2.24, 2.45) is 11.8 Å². The smallest absolute Gasteiger partial charge is 0.0473 e. The summed E-state index contributed by atoms with van der Waals surface area (Å²) in [5, 5.41) is 0. The van der Waals surface area contributed by atoms with Crippen LogP contribution in [-0.4, -0.2) is 0 Å². The lowest BCUT2D eigenvalue weighted by molar-refractivity contribution is 0.437. The second-order valence-electron chi connectivity index (χ2n) is 4.33. The predicted octanol–water partition coefficient (Wildman–Crippen LogP) is 3.31. The minimum Gasteiger partial charge on any atom is -0.271 e. The lowest BCUT2D eigenvalue weighted by Crippen LogP contribution is -2.29. The maximum absolute atomic E-state index is 5.60. The topological polar surface area (TPSA) is 38.0 Å². The van der Waals surface area contributed by atoms with Gasteiger partial charge in [0.2, 0.25) is 0 Å². The third kappa shape index (κ3) is 3.30. The van der Waals surface area contributed by atoms with E-state index in [1.165, 1.54) is 11.1 Å². The number of hydrogen-bond donors (Lipinski definition) is 2. The van der Waals surface area contributed by atoms with E-state index in [2.05, 4.69) is 60.3 Å². The maximum Gasteiger partial charge on any atom is 0.0473 e. The summed E-state index contributed by atoms with van der Waals surface area (Å²) in [6, 6.07) is 6.50. The summed E-state index contributed by atoms with van der Waals surface area (Å²) in [4.78, 5) is 0. The van der Waals surface area contributed by atoms with Crippen molar-refractivity contribution < 1.29 is 0 Å². The quantitative estimate of drug-likeness (QED) is 0.651. The van der Waals surface area contributed by atoms with Gasteiger partial charge in [-0.15, -0.1) is 0 Å². The van der Waals surface area contributed by atoms with Crippen molar-refractivity contribution in [2.75, 3.05) is 0 Å². The lowest BCUT2D eigenvalue weighted by Gasteiger charge is -2.20. The minimum absolute atomic E-state index is 0.222. The van der Waals surface area contributed by atoms with Crippen molar-refractivity contribution in [1.29, 1.82) is 0 Å². The molecule has 0 aliphatic carbocycles. The first-order valence-corrected chi connectivity index (χ1v) is 6.06. The summed E-state index contributed by atoms with van der Waals surface area (Å²) in [5.41, 5.74) is 5.38. The van der Waals surface area contributed by atoms with Crippen LogP contribution in [0.2, 0.25) is 0 Å². The van der Waals surface area contributed by atoms with E-state index in [4.69, 9.17) is 5.84 Å². The van der Waals surface area contributed by atoms with Crippen LogP contribution in [0.5, 0.6) is 0 Å². The zero-order valence-electron chi connectivity index (χ0n) is 9.55. The van der Waals surface area contributed by atoms with Crippen LogP contribution in [0.3, 0.4) is 0 Å². The Kier molecular flexibility index (Phi) is 4.77. The Balaban J connectivity index is 2.96. The van der Waals surface area contributed by atoms with Crippen LogP contribution in [0.15, 0.2) is 22.7 Å². The van der Waals surface area contributed by atoms with Gasteiger partial charge in [0.1, 0.15) is 0 Å². The highest BCUT2D eigenvalue weighted by Gasteiger charge is 2.15. The first-order chi connectivity index (χ1) is 7.06. The highest BCUT2D eigenvalue weighted by Crippen LogP contribution is 2.29. The van der Waals surface area contributed by atoms with E-state index in [0.717, 1.165) is 10.9 Å². The van der Waals surface area contributed by atoms with Gasteiger partial charge < -0.3 is 0 Å². The minimum atomic E-state index is 0.222. The van der Waals surface area contributed by atoms with Gasteiger partial charge in [-0.1, -0.05) is 48.0 Å². The summed E-state index contributed by atoms with van der Waals surface area (Å²) in [6.45, 7) is 6.50. The Morgan fingerprint density at radius 1 is 1.40 bits per heavy atom. The normalized spacial score (nSPS) is 13.2. The summed E-state index contributed by atoms with van der Waals surface area (Å²) < 4.78 is 1.16. The van der Waals surface area contributed by atoms with Gasteiger partial charge in [0, 0.05) is 10.5 Å². The number of rotatable bonds is 4. The molecule has 1 aromatic carbocycles. The molecule has 2 nitrogen and oxygen atoms in total. The molecule has 0 aliphatic heterocycles. The lowest BCUT2D eigenvalue weighted by atomic mass is 9.96. The molecule has 0 spiro atoms. The largest absolute Gasteiger partial charge is 0.271 e. The molecular weight excluding hydrogens is 252 g/mol. The highest BCUT2D eigenvalue weighted by atomic mass is 79.9. The molecule has 15 heavy (non-hydrogen) atoms. The van der Waals surface area contributed by atoms with Crippen molar-refractivity contribution in [2.45, 2.75) is 33.2 Å². The molecule has 1 aromatic rings. The summed E-state index contributed by atoms with van der Waals surface area (Å²) in [7, 11) is 0. The van der Waals surface area contributed by atoms with Gasteiger partial charge >= 0.3 is 0 Å². The highest BCUT2D eigenvalue weighted by molar-refractivity contribution is 9.10. The van der Waals surface area contributed by atoms with Crippen LogP contribution in [0.1, 0.15) is 37.4 Å². The summed E-state index contributed by atoms with van der Waals surface area (Å²) in [5.74, 6) is 6.22. The Hall–Kier alpha value is -0.380. The van der Waals surface area contributed by atoms with Crippen LogP contribution < -0.4 is 11.3 Å². The van der Waals surface area contributed by atoms with E-state index >= 15 is 0 Å². The molecule has 0 aromatic heterocycles. The van der Waals surface area contributed by atoms with Crippen molar-refractivity contribution in [3.05, 3.63) is 33.8 Å². The van der Waals surface area contributed by atoms with E-state index in [9.17, 15) is 0 Å². The van der Waals surface area contributed by atoms with E-state index < -0.39 is 0 Å². The molecule has 1 rings (SSSR count). The van der Waals surface area contributed by atoms with Gasteiger partial charge in [-0.2, -0.15) is 0 Å². The maximum atomic E-state index is 5.60. The van der Waals surface area contributed by atoms with Gasteiger partial charge in [0.25, 0.3) is 0 Å². The Bertz CT molecular complexity index is 323. The zero-order chi connectivity index (χ0) is 11.4. The molecule has 0 radical (unpaired) electrons. The number of hydrogen-bond acceptors (Lipinski definition) is 2. The van der Waals surface area contributed by atoms with Crippen molar-refractivity contribution in [3.8, 4) is 0 Å². The molecule has 0 bridgehead atoms. The number of benzene rings is 1. The molecule has 1 atom stereocenters. The third-order valence-corrected chi connectivity index (χ3v) is 3.59. The van der Waals surface area contributed by atoms with Gasteiger partial charge in [-0.3, -0.25) is 11.3 Å². The standard InChI is InChI=1S/C12H19BrN2/c1-8(2)7-11(15-14)10-6-4-5-9(3)12(10)13/h4-6,8,11,15H,7,14H2,1-3H3. The van der Waals surface area contributed by atoms with Crippen LogP contribution in [0.4, 0.5) is 0 Å². The second-order valence-corrected chi connectivity index (χ2v) is 5.12. The molecule has 3 N–H and O–H groups in total. The Morgan fingerprint density at radius 2 is 2.07 bits per heavy atom. The van der Waals surface area contributed by atoms with E-state index in [0.29, 0.717) is 5.92 Å². The fourth-order valence-corrected chi connectivity index (χ4v) is 2.24. The second kappa shape index (κ2) is 5.64. The SMILES string of the molecule is Cc1cccc(C(CC(C)C)NN)c1Br. The van der Waals surface area contributed by atoms with Crippen LogP contribution in [-0.2, 0) is 0 Å². The van der Waals surface area contributed by atoms with E-state index in [-0.39, 0.29) is 6.04 Å². The van der Waals surface area contributed by atoms with E-state index in [1.807, 2.05) is 0 Å². The van der Waals surface area contributed by atoms with Gasteiger partial charge in [-0.25, -0.2) is 0 Å². The molecule has 0 saturated heterocycles. The van der Waals surface area contributed by atoms with Crippen molar-refractivity contribution in [1.82, 2.24) is 5.43 Å². The first-order valence-electron chi connectivity index (χ1n) is 5.27. The molecule has 0 saturated carbocycles. The van der Waals surface area contributed by atoms with E-state index in [1.54, 1.807) is 0 Å². The van der Waals surface area contributed by atoms with Crippen LogP contribution in [0.25, 0.3) is 0 Å². The summed E-state index contributed by atoms with van der Waals surface area (Å²) in [6.07, 6.45) is 1.04. The number of nitrogens with two attached hydrogens (primary N) is 1. The zero-order valence-corrected chi connectivity index (χ0v) is 11.1. The fraction of sp³-hybridized carbons (Fsp3) is 0.500. The Morgan fingerprint density at radius 3 is 2.60 bits per heavy atom. The van der Waals surface area contributed by atoms with Crippen molar-refractivity contribution in [3.63, 3.8) is 0 Å². The van der Waals surface area contributed by atoms with Crippen molar-refractivity contribution >= 4 is 15.9 Å². The monoisotopic (exact) mass is 270 g/mol. The molecule has 3 heteroatoms. The van der Waals surface area contributed by atoms with Crippen LogP contribution in [0, 0.1) is 12.8 Å². The number of halogens is 1. The molecule has 0 heterocycles. The molecule has 84 valence electrons. The van der Waals surface area contributed by atoms with Crippen LogP contribution >= 0.6 is 15.9 Å². The number of aryl methyl sites for hydroxylation is 1. The number of hydrazine groups is 1. The Labute approximate surface area is 100 Å². The molecular formula is C12H19BrN2. The van der Waals surface area contributed by atoms with Gasteiger partial charge in [0.15, 0.2) is 0 Å².